The molecule has 4 unspecified atom stereocenters. The second kappa shape index (κ2) is 7.46. The summed E-state index contributed by atoms with van der Waals surface area (Å²) in [6.45, 7) is 7.82. The van der Waals surface area contributed by atoms with Crippen molar-refractivity contribution in [1.82, 2.24) is 10.6 Å². The summed E-state index contributed by atoms with van der Waals surface area (Å²) in [5, 5.41) is 7.39. The molecule has 0 amide bonds. The van der Waals surface area contributed by atoms with Crippen LogP contribution in [0.4, 0.5) is 0 Å². The van der Waals surface area contributed by atoms with E-state index < -0.39 is 0 Å². The second-order valence-electron chi connectivity index (χ2n) is 6.17. The van der Waals surface area contributed by atoms with E-state index in [0.717, 1.165) is 25.1 Å². The zero-order valence-electron chi connectivity index (χ0n) is 12.1. The quantitative estimate of drug-likeness (QED) is 0.790. The van der Waals surface area contributed by atoms with Crippen LogP contribution in [0, 0.1) is 5.92 Å². The summed E-state index contributed by atoms with van der Waals surface area (Å²) >= 11 is 0. The number of ether oxygens (including phenoxy) is 1. The molecule has 2 heterocycles. The summed E-state index contributed by atoms with van der Waals surface area (Å²) in [4.78, 5) is 0. The van der Waals surface area contributed by atoms with Crippen molar-refractivity contribution in [2.75, 3.05) is 19.7 Å². The molecule has 3 heteroatoms. The Morgan fingerprint density at radius 2 is 2.17 bits per heavy atom. The van der Waals surface area contributed by atoms with Crippen molar-refractivity contribution in [2.45, 2.75) is 70.6 Å². The Morgan fingerprint density at radius 3 is 2.94 bits per heavy atom. The fourth-order valence-corrected chi connectivity index (χ4v) is 3.21. The molecule has 0 aromatic heterocycles. The fourth-order valence-electron chi connectivity index (χ4n) is 3.21. The Labute approximate surface area is 112 Å². The van der Waals surface area contributed by atoms with Crippen LogP contribution in [0.1, 0.15) is 52.4 Å². The van der Waals surface area contributed by atoms with Crippen LogP contribution >= 0.6 is 0 Å². The highest BCUT2D eigenvalue weighted by atomic mass is 16.5. The van der Waals surface area contributed by atoms with Crippen LogP contribution in [0.3, 0.4) is 0 Å². The standard InChI is InChI=1S/C15H30N2O/c1-12(10-15-6-4-3-5-8-16-15)17-11-14-7-9-18-13(14)2/h12-17H,3-11H2,1-2H3. The predicted octanol–water partition coefficient (Wildman–Crippen LogP) is 2.31. The molecule has 0 saturated carbocycles. The van der Waals surface area contributed by atoms with Crippen LogP contribution in [-0.4, -0.2) is 37.9 Å². The molecule has 0 aromatic rings. The maximum atomic E-state index is 5.61. The van der Waals surface area contributed by atoms with Crippen LogP contribution in [-0.2, 0) is 4.74 Å². The van der Waals surface area contributed by atoms with E-state index in [4.69, 9.17) is 4.74 Å². The van der Waals surface area contributed by atoms with Gasteiger partial charge in [-0.2, -0.15) is 0 Å². The normalized spacial score (nSPS) is 35.3. The van der Waals surface area contributed by atoms with E-state index in [1.807, 2.05) is 0 Å². The molecule has 0 aliphatic carbocycles. The van der Waals surface area contributed by atoms with E-state index in [1.54, 1.807) is 0 Å². The average molecular weight is 254 g/mol. The lowest BCUT2D eigenvalue weighted by Gasteiger charge is -2.23. The number of rotatable bonds is 5. The minimum absolute atomic E-state index is 0.445. The van der Waals surface area contributed by atoms with Crippen molar-refractivity contribution in [3.63, 3.8) is 0 Å². The molecule has 0 aromatic carbocycles. The largest absolute Gasteiger partial charge is 0.378 e. The lowest BCUT2D eigenvalue weighted by molar-refractivity contribution is 0.105. The lowest BCUT2D eigenvalue weighted by atomic mass is 10.0. The Balaban J connectivity index is 1.63. The highest BCUT2D eigenvalue weighted by Crippen LogP contribution is 2.20. The van der Waals surface area contributed by atoms with Crippen molar-refractivity contribution in [2.24, 2.45) is 5.92 Å². The van der Waals surface area contributed by atoms with Gasteiger partial charge in [0, 0.05) is 25.2 Å². The smallest absolute Gasteiger partial charge is 0.0588 e. The number of hydrogen-bond acceptors (Lipinski definition) is 3. The maximum Gasteiger partial charge on any atom is 0.0588 e. The van der Waals surface area contributed by atoms with Gasteiger partial charge in [-0.25, -0.2) is 0 Å². The van der Waals surface area contributed by atoms with E-state index in [-0.39, 0.29) is 0 Å². The van der Waals surface area contributed by atoms with Crippen molar-refractivity contribution in [3.05, 3.63) is 0 Å². The molecule has 3 nitrogen and oxygen atoms in total. The van der Waals surface area contributed by atoms with Gasteiger partial charge in [0.15, 0.2) is 0 Å². The molecule has 2 aliphatic heterocycles. The molecular formula is C15H30N2O. The monoisotopic (exact) mass is 254 g/mol. The average Bonchev–Trinajstić information content (AvgIpc) is 2.61. The van der Waals surface area contributed by atoms with Crippen molar-refractivity contribution >= 4 is 0 Å². The molecule has 18 heavy (non-hydrogen) atoms. The summed E-state index contributed by atoms with van der Waals surface area (Å²) < 4.78 is 5.61. The number of nitrogens with one attached hydrogen (secondary N) is 2. The van der Waals surface area contributed by atoms with E-state index in [1.165, 1.54) is 45.1 Å². The third kappa shape index (κ3) is 4.52. The minimum Gasteiger partial charge on any atom is -0.378 e. The lowest BCUT2D eigenvalue weighted by Crippen LogP contribution is -2.39. The van der Waals surface area contributed by atoms with Gasteiger partial charge >= 0.3 is 0 Å². The summed E-state index contributed by atoms with van der Waals surface area (Å²) in [7, 11) is 0. The Bertz CT molecular complexity index is 227. The van der Waals surface area contributed by atoms with Gasteiger partial charge in [-0.1, -0.05) is 12.8 Å². The van der Waals surface area contributed by atoms with Crippen LogP contribution in [0.2, 0.25) is 0 Å². The SMILES string of the molecule is CC(CC1CCCCCN1)NCC1CCOC1C. The summed E-state index contributed by atoms with van der Waals surface area (Å²) in [5.41, 5.74) is 0. The Hall–Kier alpha value is -0.120. The zero-order valence-corrected chi connectivity index (χ0v) is 12.1. The van der Waals surface area contributed by atoms with Gasteiger partial charge in [0.25, 0.3) is 0 Å². The summed E-state index contributed by atoms with van der Waals surface area (Å²) in [6.07, 6.45) is 8.45. The van der Waals surface area contributed by atoms with Crippen LogP contribution in [0.25, 0.3) is 0 Å². The third-order valence-electron chi connectivity index (χ3n) is 4.56. The zero-order chi connectivity index (χ0) is 12.8. The maximum absolute atomic E-state index is 5.61. The van der Waals surface area contributed by atoms with E-state index in [2.05, 4.69) is 24.5 Å². The van der Waals surface area contributed by atoms with Crippen LogP contribution in [0.5, 0.6) is 0 Å². The second-order valence-corrected chi connectivity index (χ2v) is 6.17. The molecule has 0 bridgehead atoms. The molecule has 2 rings (SSSR count). The van der Waals surface area contributed by atoms with Crippen LogP contribution in [0.15, 0.2) is 0 Å². The summed E-state index contributed by atoms with van der Waals surface area (Å²) in [5.74, 6) is 0.717. The summed E-state index contributed by atoms with van der Waals surface area (Å²) in [6, 6.07) is 1.35. The topological polar surface area (TPSA) is 33.3 Å². The minimum atomic E-state index is 0.445. The van der Waals surface area contributed by atoms with Crippen LogP contribution < -0.4 is 10.6 Å². The molecule has 106 valence electrons. The molecule has 2 N–H and O–H groups in total. The van der Waals surface area contributed by atoms with Gasteiger partial charge in [0.1, 0.15) is 0 Å². The first-order valence-electron chi connectivity index (χ1n) is 7.84. The fraction of sp³-hybridized carbons (Fsp3) is 1.00. The first kappa shape index (κ1) is 14.3. The van der Waals surface area contributed by atoms with Crippen molar-refractivity contribution < 1.29 is 4.74 Å². The molecular weight excluding hydrogens is 224 g/mol. The first-order chi connectivity index (χ1) is 8.75. The van der Waals surface area contributed by atoms with Gasteiger partial charge in [0.05, 0.1) is 6.10 Å². The van der Waals surface area contributed by atoms with Gasteiger partial charge in [-0.3, -0.25) is 0 Å². The molecule has 4 atom stereocenters. The highest BCUT2D eigenvalue weighted by molar-refractivity contribution is 4.79. The van der Waals surface area contributed by atoms with Gasteiger partial charge < -0.3 is 15.4 Å². The van der Waals surface area contributed by atoms with Gasteiger partial charge in [-0.05, 0) is 52.0 Å². The Morgan fingerprint density at radius 1 is 1.28 bits per heavy atom. The Kier molecular flexibility index (Phi) is 5.93. The predicted molar refractivity (Wildman–Crippen MR) is 75.9 cm³/mol. The number of hydrogen-bond donors (Lipinski definition) is 2. The van der Waals surface area contributed by atoms with E-state index in [0.29, 0.717) is 12.1 Å². The van der Waals surface area contributed by atoms with Gasteiger partial charge in [0.2, 0.25) is 0 Å². The van der Waals surface area contributed by atoms with Crippen molar-refractivity contribution in [3.8, 4) is 0 Å². The first-order valence-corrected chi connectivity index (χ1v) is 7.84. The van der Waals surface area contributed by atoms with E-state index >= 15 is 0 Å². The highest BCUT2D eigenvalue weighted by Gasteiger charge is 2.24. The molecule has 2 aliphatic rings. The van der Waals surface area contributed by atoms with Crippen molar-refractivity contribution in [1.29, 1.82) is 0 Å². The van der Waals surface area contributed by atoms with E-state index in [9.17, 15) is 0 Å². The molecule has 2 fully saturated rings. The van der Waals surface area contributed by atoms with Gasteiger partial charge in [-0.15, -0.1) is 0 Å². The molecule has 0 spiro atoms. The third-order valence-corrected chi connectivity index (χ3v) is 4.56. The molecule has 0 radical (unpaired) electrons. The molecule has 2 saturated heterocycles.